The van der Waals surface area contributed by atoms with Gasteiger partial charge in [-0.2, -0.15) is 8.75 Å². The van der Waals surface area contributed by atoms with Crippen molar-refractivity contribution >= 4 is 127 Å². The molecule has 0 radical (unpaired) electrons. The standard InChI is InChI=1S/C30H18N6O3S5/c1-2-35-28(37)27(43-30(35)40)32-26-22-21(33-44-34-22)17(13-31-26)20-12-18-24(42-20)25-23(16-10-6-7-11-19(16)41-25)36(18)29(38)39-14-15-8-4-3-5-9-15/h3-13H,2,14H2,1H3/b32-27+. The number of thiocarbonyl (C=S) groups is 1. The number of benzene rings is 2. The second kappa shape index (κ2) is 10.8. The lowest BCUT2D eigenvalue weighted by atomic mass is 10.2. The van der Waals surface area contributed by atoms with Crippen LogP contribution in [0, 0.1) is 0 Å². The number of pyridine rings is 1. The Bertz CT molecular complexity index is 2330. The molecule has 8 rings (SSSR count). The Hall–Kier alpha value is -4.08. The minimum absolute atomic E-state index is 0.167. The smallest absolute Gasteiger partial charge is 0.419 e. The number of fused-ring (bicyclic) bond motifs is 6. The SMILES string of the molecule is CCN1C(=O)/C(=N\c2ncc(-c3cc4c(s3)c3sc5ccccc5c3n4C(=O)OCc3ccccc3)c3nsnc23)SC1=S. The van der Waals surface area contributed by atoms with Gasteiger partial charge in [0, 0.05) is 33.3 Å². The Labute approximate surface area is 271 Å². The van der Waals surface area contributed by atoms with Crippen LogP contribution in [0.5, 0.6) is 0 Å². The summed E-state index contributed by atoms with van der Waals surface area (Å²) in [5, 5.41) is 1.27. The minimum Gasteiger partial charge on any atom is -0.444 e. The molecule has 1 fully saturated rings. The molecule has 0 spiro atoms. The number of aliphatic imine (C=N–C) groups is 1. The molecule has 5 aromatic heterocycles. The molecule has 2 aromatic carbocycles. The highest BCUT2D eigenvalue weighted by atomic mass is 32.2. The molecular formula is C30H18N6O3S5. The fraction of sp³-hybridized carbons (Fsp3) is 0.100. The second-order valence-corrected chi connectivity index (χ2v) is 14.0. The highest BCUT2D eigenvalue weighted by Gasteiger charge is 2.33. The average molecular weight is 671 g/mol. The van der Waals surface area contributed by atoms with Crippen LogP contribution in [-0.2, 0) is 16.1 Å². The monoisotopic (exact) mass is 670 g/mol. The summed E-state index contributed by atoms with van der Waals surface area (Å²) in [6, 6.07) is 19.7. The van der Waals surface area contributed by atoms with Gasteiger partial charge in [0.25, 0.3) is 5.91 Å². The second-order valence-electron chi connectivity index (χ2n) is 9.77. The van der Waals surface area contributed by atoms with Gasteiger partial charge in [-0.05, 0) is 36.4 Å². The molecule has 0 aliphatic carbocycles. The highest BCUT2D eigenvalue weighted by Crippen LogP contribution is 2.47. The van der Waals surface area contributed by atoms with Gasteiger partial charge >= 0.3 is 6.09 Å². The predicted octanol–water partition coefficient (Wildman–Crippen LogP) is 8.23. The van der Waals surface area contributed by atoms with Crippen molar-refractivity contribution in [3.63, 3.8) is 0 Å². The first-order valence-electron chi connectivity index (χ1n) is 13.4. The van der Waals surface area contributed by atoms with Crippen molar-refractivity contribution in [3.05, 3.63) is 72.4 Å². The number of thiophene rings is 2. The molecule has 6 heterocycles. The van der Waals surface area contributed by atoms with Crippen molar-refractivity contribution in [3.8, 4) is 10.4 Å². The molecule has 216 valence electrons. The van der Waals surface area contributed by atoms with E-state index in [2.05, 4.69) is 24.8 Å². The Kier molecular flexibility index (Phi) is 6.75. The molecule has 1 aliphatic rings. The quantitative estimate of drug-likeness (QED) is 0.169. The Balaban J connectivity index is 1.25. The third-order valence-electron chi connectivity index (χ3n) is 7.23. The molecule has 0 unspecified atom stereocenters. The van der Waals surface area contributed by atoms with Crippen molar-refractivity contribution < 1.29 is 14.3 Å². The van der Waals surface area contributed by atoms with E-state index in [-0.39, 0.29) is 17.6 Å². The number of carbonyl (C=O) groups excluding carboxylic acids is 2. The molecule has 1 aliphatic heterocycles. The van der Waals surface area contributed by atoms with E-state index in [9.17, 15) is 9.59 Å². The summed E-state index contributed by atoms with van der Waals surface area (Å²) < 4.78 is 20.1. The zero-order chi connectivity index (χ0) is 29.9. The number of aromatic nitrogens is 4. The van der Waals surface area contributed by atoms with Crippen LogP contribution >= 0.6 is 58.4 Å². The highest BCUT2D eigenvalue weighted by molar-refractivity contribution is 8.35. The van der Waals surface area contributed by atoms with Crippen molar-refractivity contribution in [2.75, 3.05) is 6.54 Å². The fourth-order valence-electron chi connectivity index (χ4n) is 5.19. The molecule has 0 bridgehead atoms. The largest absolute Gasteiger partial charge is 0.444 e. The Morgan fingerprint density at radius 2 is 1.82 bits per heavy atom. The van der Waals surface area contributed by atoms with Crippen molar-refractivity contribution in [1.82, 2.24) is 23.2 Å². The zero-order valence-electron chi connectivity index (χ0n) is 22.7. The van der Waals surface area contributed by atoms with Gasteiger partial charge in [-0.3, -0.25) is 9.69 Å². The Morgan fingerprint density at radius 1 is 1.02 bits per heavy atom. The first-order chi connectivity index (χ1) is 21.5. The van der Waals surface area contributed by atoms with Crippen LogP contribution in [0.4, 0.5) is 10.6 Å². The number of hydrogen-bond acceptors (Lipinski definition) is 12. The molecule has 7 aromatic rings. The predicted molar refractivity (Wildman–Crippen MR) is 184 cm³/mol. The van der Waals surface area contributed by atoms with Crippen molar-refractivity contribution in [2.24, 2.45) is 4.99 Å². The molecule has 1 amide bonds. The number of amides is 1. The van der Waals surface area contributed by atoms with Gasteiger partial charge in [-0.25, -0.2) is 19.3 Å². The van der Waals surface area contributed by atoms with E-state index in [4.69, 9.17) is 17.0 Å². The molecular weight excluding hydrogens is 653 g/mol. The van der Waals surface area contributed by atoms with Gasteiger partial charge in [-0.1, -0.05) is 60.7 Å². The van der Waals surface area contributed by atoms with E-state index < -0.39 is 6.09 Å². The number of rotatable bonds is 5. The summed E-state index contributed by atoms with van der Waals surface area (Å²) in [5.74, 6) is 0.0777. The topological polar surface area (TPSA) is 103 Å². The third-order valence-corrected chi connectivity index (χ3v) is 11.6. The minimum atomic E-state index is -0.440. The lowest BCUT2D eigenvalue weighted by molar-refractivity contribution is -0.119. The summed E-state index contributed by atoms with van der Waals surface area (Å²) in [6.07, 6.45) is 1.26. The summed E-state index contributed by atoms with van der Waals surface area (Å²) in [6.45, 7) is 2.51. The summed E-state index contributed by atoms with van der Waals surface area (Å²) >= 11 is 10.8. The number of nitrogens with zero attached hydrogens (tertiary/aromatic N) is 6. The van der Waals surface area contributed by atoms with Crippen LogP contribution in [0.3, 0.4) is 0 Å². The first kappa shape index (κ1) is 27.5. The normalized spacial score (nSPS) is 14.8. The maximum Gasteiger partial charge on any atom is 0.419 e. The van der Waals surface area contributed by atoms with E-state index in [0.29, 0.717) is 27.7 Å². The van der Waals surface area contributed by atoms with Crippen LogP contribution in [-0.4, -0.2) is 51.1 Å². The van der Waals surface area contributed by atoms with E-state index >= 15 is 0 Å². The lowest BCUT2D eigenvalue weighted by Crippen LogP contribution is -2.29. The van der Waals surface area contributed by atoms with Gasteiger partial charge in [0.05, 0.1) is 32.2 Å². The van der Waals surface area contributed by atoms with Crippen molar-refractivity contribution in [1.29, 1.82) is 0 Å². The molecule has 0 N–H and O–H groups in total. The van der Waals surface area contributed by atoms with Gasteiger partial charge in [0.2, 0.25) is 0 Å². The van der Waals surface area contributed by atoms with Gasteiger partial charge in [-0.15, -0.1) is 22.7 Å². The van der Waals surface area contributed by atoms with Crippen LogP contribution in [0.1, 0.15) is 12.5 Å². The fourth-order valence-corrected chi connectivity index (χ4v) is 9.49. The molecule has 0 saturated carbocycles. The molecule has 1 saturated heterocycles. The van der Waals surface area contributed by atoms with E-state index in [0.717, 1.165) is 70.0 Å². The average Bonchev–Trinajstić information content (AvgIpc) is 3.85. The maximum absolute atomic E-state index is 13.7. The third kappa shape index (κ3) is 4.36. The number of hydrogen-bond donors (Lipinski definition) is 0. The zero-order valence-corrected chi connectivity index (χ0v) is 26.8. The Morgan fingerprint density at radius 3 is 2.64 bits per heavy atom. The molecule has 0 atom stereocenters. The van der Waals surface area contributed by atoms with E-state index in [1.54, 1.807) is 33.4 Å². The summed E-state index contributed by atoms with van der Waals surface area (Å²) in [4.78, 5) is 38.0. The van der Waals surface area contributed by atoms with Gasteiger partial charge < -0.3 is 4.74 Å². The summed E-state index contributed by atoms with van der Waals surface area (Å²) in [5.41, 5.74) is 4.43. The maximum atomic E-state index is 13.7. The van der Waals surface area contributed by atoms with E-state index in [1.165, 1.54) is 4.90 Å². The summed E-state index contributed by atoms with van der Waals surface area (Å²) in [7, 11) is 0. The van der Waals surface area contributed by atoms with Gasteiger partial charge in [0.1, 0.15) is 22.0 Å². The van der Waals surface area contributed by atoms with E-state index in [1.807, 2.05) is 61.5 Å². The lowest BCUT2D eigenvalue weighted by Gasteiger charge is -2.09. The first-order valence-corrected chi connectivity index (χ1v) is 17.0. The van der Waals surface area contributed by atoms with Crippen molar-refractivity contribution in [2.45, 2.75) is 13.5 Å². The molecule has 14 heteroatoms. The molecule has 44 heavy (non-hydrogen) atoms. The van der Waals surface area contributed by atoms with Crippen LogP contribution in [0.15, 0.2) is 71.9 Å². The number of ether oxygens (including phenoxy) is 1. The van der Waals surface area contributed by atoms with Crippen LogP contribution < -0.4 is 0 Å². The number of thioether (sulfide) groups is 1. The molecule has 9 nitrogen and oxygen atoms in total. The van der Waals surface area contributed by atoms with Crippen LogP contribution in [0.2, 0.25) is 0 Å². The number of carbonyl (C=O) groups is 2. The van der Waals surface area contributed by atoms with Gasteiger partial charge in [0.15, 0.2) is 10.9 Å². The van der Waals surface area contributed by atoms with Crippen LogP contribution in [0.25, 0.3) is 52.0 Å².